The van der Waals surface area contributed by atoms with Gasteiger partial charge in [0.15, 0.2) is 0 Å². The van der Waals surface area contributed by atoms with E-state index in [-0.39, 0.29) is 5.41 Å². The molecule has 2 aliphatic heterocycles. The van der Waals surface area contributed by atoms with Crippen LogP contribution in [0.15, 0.2) is 0 Å². The molecule has 0 aromatic heterocycles. The average molecular weight is 157 g/mol. The van der Waals surface area contributed by atoms with Crippen molar-refractivity contribution >= 4 is 0 Å². The van der Waals surface area contributed by atoms with E-state index in [1.54, 1.807) is 0 Å². The molecule has 0 saturated carbocycles. The van der Waals surface area contributed by atoms with Crippen LogP contribution < -0.4 is 5.32 Å². The summed E-state index contributed by atoms with van der Waals surface area (Å²) in [5.74, 6) is 0.421. The molecule has 2 heterocycles. The number of rotatable bonds is 1. The van der Waals surface area contributed by atoms with Crippen LogP contribution in [0.5, 0.6) is 0 Å². The van der Waals surface area contributed by atoms with Crippen LogP contribution in [0.4, 0.5) is 0 Å². The van der Waals surface area contributed by atoms with Gasteiger partial charge in [-0.3, -0.25) is 0 Å². The van der Waals surface area contributed by atoms with E-state index < -0.39 is 0 Å². The Balaban J connectivity index is 2.09. The van der Waals surface area contributed by atoms with Crippen LogP contribution in [-0.4, -0.2) is 38.0 Å². The Morgan fingerprint density at radius 1 is 1.64 bits per heavy atom. The number of nitrogens with one attached hydrogen (secondary N) is 1. The first-order valence-corrected chi connectivity index (χ1v) is 4.27. The molecule has 0 bridgehead atoms. The minimum atomic E-state index is 0.273. The lowest BCUT2D eigenvalue weighted by molar-refractivity contribution is 0.101. The smallest absolute Gasteiger partial charge is 0.0539 e. The molecule has 0 aliphatic carbocycles. The van der Waals surface area contributed by atoms with E-state index in [0.717, 1.165) is 32.7 Å². The van der Waals surface area contributed by atoms with Crippen molar-refractivity contribution in [1.82, 2.24) is 5.32 Å². The van der Waals surface area contributed by atoms with Crippen molar-refractivity contribution in [3.63, 3.8) is 0 Å². The van der Waals surface area contributed by atoms with E-state index >= 15 is 0 Å². The molecule has 0 radical (unpaired) electrons. The summed E-state index contributed by atoms with van der Waals surface area (Å²) in [6, 6.07) is 0. The number of hydrogen-bond donors (Lipinski definition) is 2. The summed E-state index contributed by atoms with van der Waals surface area (Å²) in [6.45, 7) is 4.00. The fourth-order valence-corrected chi connectivity index (χ4v) is 2.20. The summed E-state index contributed by atoms with van der Waals surface area (Å²) in [5.41, 5.74) is 0.273. The molecule has 2 rings (SSSR count). The first-order valence-electron chi connectivity index (χ1n) is 4.27. The normalized spacial score (nSPS) is 43.9. The van der Waals surface area contributed by atoms with Crippen LogP contribution in [0, 0.1) is 11.3 Å². The summed E-state index contributed by atoms with van der Waals surface area (Å²) < 4.78 is 5.36. The predicted octanol–water partition coefficient (Wildman–Crippen LogP) is -0.395. The molecule has 3 nitrogen and oxygen atoms in total. The van der Waals surface area contributed by atoms with Crippen molar-refractivity contribution in [1.29, 1.82) is 0 Å². The Morgan fingerprint density at radius 2 is 2.55 bits per heavy atom. The van der Waals surface area contributed by atoms with Crippen LogP contribution in [0.25, 0.3) is 0 Å². The average Bonchev–Trinajstić information content (AvgIpc) is 2.62. The molecule has 2 aliphatic rings. The van der Waals surface area contributed by atoms with Crippen LogP contribution in [0.1, 0.15) is 6.42 Å². The monoisotopic (exact) mass is 157 g/mol. The first-order chi connectivity index (χ1) is 5.37. The second kappa shape index (κ2) is 2.73. The molecule has 2 N–H and O–H groups in total. The lowest BCUT2D eigenvalue weighted by Crippen LogP contribution is -2.32. The number of ether oxygens (including phenoxy) is 1. The SMILES string of the molecule is OCC1CNCC12CCOC2. The van der Waals surface area contributed by atoms with Gasteiger partial charge in [-0.15, -0.1) is 0 Å². The zero-order chi connectivity index (χ0) is 7.73. The third-order valence-corrected chi connectivity index (χ3v) is 3.09. The minimum absolute atomic E-state index is 0.273. The van der Waals surface area contributed by atoms with Crippen molar-refractivity contribution < 1.29 is 9.84 Å². The van der Waals surface area contributed by atoms with Gasteiger partial charge in [0.1, 0.15) is 0 Å². The number of hydrogen-bond acceptors (Lipinski definition) is 3. The highest BCUT2D eigenvalue weighted by Gasteiger charge is 2.45. The van der Waals surface area contributed by atoms with Crippen molar-refractivity contribution in [3.8, 4) is 0 Å². The Morgan fingerprint density at radius 3 is 3.18 bits per heavy atom. The largest absolute Gasteiger partial charge is 0.396 e. The molecule has 0 aromatic carbocycles. The van der Waals surface area contributed by atoms with E-state index in [9.17, 15) is 0 Å². The van der Waals surface area contributed by atoms with Gasteiger partial charge in [-0.1, -0.05) is 0 Å². The van der Waals surface area contributed by atoms with Gasteiger partial charge < -0.3 is 15.2 Å². The van der Waals surface area contributed by atoms with Crippen LogP contribution in [-0.2, 0) is 4.74 Å². The third kappa shape index (κ3) is 1.08. The van der Waals surface area contributed by atoms with E-state index in [1.165, 1.54) is 0 Å². The Bertz CT molecular complexity index is 138. The molecule has 0 amide bonds. The molecule has 2 fully saturated rings. The lowest BCUT2D eigenvalue weighted by Gasteiger charge is -2.26. The van der Waals surface area contributed by atoms with Crippen molar-refractivity contribution in [2.75, 3.05) is 32.9 Å². The third-order valence-electron chi connectivity index (χ3n) is 3.09. The highest BCUT2D eigenvalue weighted by molar-refractivity contribution is 4.96. The molecule has 11 heavy (non-hydrogen) atoms. The zero-order valence-electron chi connectivity index (χ0n) is 6.68. The molecule has 2 saturated heterocycles. The molecule has 3 heteroatoms. The van der Waals surface area contributed by atoms with Gasteiger partial charge in [0, 0.05) is 37.6 Å². The van der Waals surface area contributed by atoms with Crippen molar-refractivity contribution in [2.24, 2.45) is 11.3 Å². The molecule has 64 valence electrons. The summed E-state index contributed by atoms with van der Waals surface area (Å²) in [5, 5.41) is 12.4. The Labute approximate surface area is 66.7 Å². The maximum Gasteiger partial charge on any atom is 0.0539 e. The molecule has 1 spiro atoms. The topological polar surface area (TPSA) is 41.5 Å². The summed E-state index contributed by atoms with van der Waals surface area (Å²) in [4.78, 5) is 0. The highest BCUT2D eigenvalue weighted by Crippen LogP contribution is 2.38. The van der Waals surface area contributed by atoms with Crippen LogP contribution in [0.3, 0.4) is 0 Å². The fraction of sp³-hybridized carbons (Fsp3) is 1.00. The van der Waals surface area contributed by atoms with Crippen LogP contribution in [0.2, 0.25) is 0 Å². The van der Waals surface area contributed by atoms with Gasteiger partial charge in [-0.05, 0) is 6.42 Å². The minimum Gasteiger partial charge on any atom is -0.396 e. The highest BCUT2D eigenvalue weighted by atomic mass is 16.5. The van der Waals surface area contributed by atoms with Crippen molar-refractivity contribution in [2.45, 2.75) is 6.42 Å². The number of aliphatic hydroxyl groups is 1. The van der Waals surface area contributed by atoms with Gasteiger partial charge in [-0.2, -0.15) is 0 Å². The van der Waals surface area contributed by atoms with E-state index in [4.69, 9.17) is 9.84 Å². The van der Waals surface area contributed by atoms with Crippen LogP contribution >= 0.6 is 0 Å². The van der Waals surface area contributed by atoms with Gasteiger partial charge >= 0.3 is 0 Å². The summed E-state index contributed by atoms with van der Waals surface area (Å²) in [6.07, 6.45) is 1.12. The van der Waals surface area contributed by atoms with E-state index in [2.05, 4.69) is 5.32 Å². The molecule has 0 aromatic rings. The quantitative estimate of drug-likeness (QED) is 0.544. The second-order valence-corrected chi connectivity index (χ2v) is 3.68. The molecule has 2 unspecified atom stereocenters. The van der Waals surface area contributed by atoms with Gasteiger partial charge in [0.05, 0.1) is 6.61 Å². The van der Waals surface area contributed by atoms with E-state index in [1.807, 2.05) is 0 Å². The van der Waals surface area contributed by atoms with Gasteiger partial charge in [-0.25, -0.2) is 0 Å². The number of aliphatic hydroxyl groups excluding tert-OH is 1. The standard InChI is InChI=1S/C8H15NO2/c10-4-7-3-9-5-8(7)1-2-11-6-8/h7,9-10H,1-6H2. The predicted molar refractivity (Wildman–Crippen MR) is 41.3 cm³/mol. The maximum atomic E-state index is 9.10. The van der Waals surface area contributed by atoms with Crippen molar-refractivity contribution in [3.05, 3.63) is 0 Å². The fourth-order valence-electron chi connectivity index (χ4n) is 2.20. The summed E-state index contributed by atoms with van der Waals surface area (Å²) >= 11 is 0. The lowest BCUT2D eigenvalue weighted by atomic mass is 9.78. The first kappa shape index (κ1) is 7.53. The zero-order valence-corrected chi connectivity index (χ0v) is 6.68. The van der Waals surface area contributed by atoms with Gasteiger partial charge in [0.25, 0.3) is 0 Å². The Hall–Kier alpha value is -0.120. The molecular formula is C8H15NO2. The van der Waals surface area contributed by atoms with Gasteiger partial charge in [0.2, 0.25) is 0 Å². The Kier molecular flexibility index (Phi) is 1.87. The van der Waals surface area contributed by atoms with E-state index in [0.29, 0.717) is 12.5 Å². The maximum absolute atomic E-state index is 9.10. The second-order valence-electron chi connectivity index (χ2n) is 3.68. The molecular weight excluding hydrogens is 142 g/mol. The molecule has 2 atom stereocenters. The summed E-state index contributed by atoms with van der Waals surface area (Å²) in [7, 11) is 0.